The van der Waals surface area contributed by atoms with Gasteiger partial charge >= 0.3 is 0 Å². The van der Waals surface area contributed by atoms with Crippen molar-refractivity contribution in [3.8, 4) is 0 Å². The van der Waals surface area contributed by atoms with Crippen molar-refractivity contribution >= 4 is 31.6 Å². The molecule has 0 saturated carbocycles. The van der Waals surface area contributed by atoms with E-state index in [0.29, 0.717) is 11.1 Å². The zero-order chi connectivity index (χ0) is 24.1. The molecule has 0 saturated heterocycles. The van der Waals surface area contributed by atoms with Gasteiger partial charge in [-0.15, -0.1) is 0 Å². The van der Waals surface area contributed by atoms with Crippen molar-refractivity contribution in [1.29, 1.82) is 0 Å². The molecule has 0 amide bonds. The SMILES string of the molecule is CS(=O)(=O)OC(CCC(OS(C)(=O)=O)c1ccc([N+](=O)[O-])cc1)c1ccc([N+](=O)[O-])cc1. The first kappa shape index (κ1) is 25.3. The number of benzene rings is 2. The molecule has 2 atom stereocenters. The van der Waals surface area contributed by atoms with E-state index < -0.39 is 42.3 Å². The minimum atomic E-state index is -3.93. The van der Waals surface area contributed by atoms with E-state index >= 15 is 0 Å². The number of nitro benzene ring substituents is 2. The van der Waals surface area contributed by atoms with Gasteiger partial charge in [-0.2, -0.15) is 16.8 Å². The second kappa shape index (κ2) is 10.1. The number of hydrogen-bond acceptors (Lipinski definition) is 10. The molecule has 14 heteroatoms. The molecule has 0 spiro atoms. The van der Waals surface area contributed by atoms with Gasteiger partial charge in [0.1, 0.15) is 12.2 Å². The van der Waals surface area contributed by atoms with Crippen LogP contribution < -0.4 is 0 Å². The van der Waals surface area contributed by atoms with Crippen LogP contribution in [0.15, 0.2) is 48.5 Å². The van der Waals surface area contributed by atoms with Crippen LogP contribution >= 0.6 is 0 Å². The van der Waals surface area contributed by atoms with Crippen molar-refractivity contribution in [2.75, 3.05) is 12.5 Å². The van der Waals surface area contributed by atoms with Gasteiger partial charge in [0.2, 0.25) is 0 Å². The van der Waals surface area contributed by atoms with Gasteiger partial charge in [-0.3, -0.25) is 28.6 Å². The number of nitrogens with zero attached hydrogens (tertiary/aromatic N) is 2. The Hall–Kier alpha value is -2.94. The minimum absolute atomic E-state index is 0.0396. The van der Waals surface area contributed by atoms with E-state index in [9.17, 15) is 37.1 Å². The van der Waals surface area contributed by atoms with E-state index in [1.165, 1.54) is 48.5 Å². The molecule has 0 N–H and O–H groups in total. The molecule has 174 valence electrons. The molecule has 0 radical (unpaired) electrons. The highest BCUT2D eigenvalue weighted by atomic mass is 32.2. The topological polar surface area (TPSA) is 173 Å². The van der Waals surface area contributed by atoms with Crippen LogP contribution in [0.1, 0.15) is 36.2 Å². The molecule has 0 aliphatic carbocycles. The first-order valence-corrected chi connectivity index (χ1v) is 12.6. The van der Waals surface area contributed by atoms with Crippen molar-refractivity contribution in [2.45, 2.75) is 25.0 Å². The van der Waals surface area contributed by atoms with Crippen LogP contribution in [0.2, 0.25) is 0 Å². The maximum absolute atomic E-state index is 11.7. The summed E-state index contributed by atoms with van der Waals surface area (Å²) in [6, 6.07) is 10.1. The quantitative estimate of drug-likeness (QED) is 0.260. The Morgan fingerprint density at radius 1 is 0.688 bits per heavy atom. The van der Waals surface area contributed by atoms with Gasteiger partial charge in [0.05, 0.1) is 22.4 Å². The van der Waals surface area contributed by atoms with Crippen molar-refractivity contribution in [1.82, 2.24) is 0 Å². The number of non-ortho nitro benzene ring substituents is 2. The van der Waals surface area contributed by atoms with E-state index in [-0.39, 0.29) is 24.2 Å². The van der Waals surface area contributed by atoms with Crippen LogP contribution in [0, 0.1) is 20.2 Å². The lowest BCUT2D eigenvalue weighted by atomic mass is 9.99. The molecule has 2 rings (SSSR count). The molecule has 0 heterocycles. The third-order valence-electron chi connectivity index (χ3n) is 4.22. The Kier molecular flexibility index (Phi) is 8.01. The molecule has 0 aliphatic rings. The molecular formula is C18H20N2O10S2. The van der Waals surface area contributed by atoms with Crippen molar-refractivity contribution in [3.63, 3.8) is 0 Å². The second-order valence-electron chi connectivity index (χ2n) is 6.85. The van der Waals surface area contributed by atoms with E-state index in [1.54, 1.807) is 0 Å². The summed E-state index contributed by atoms with van der Waals surface area (Å²) in [7, 11) is -7.86. The average Bonchev–Trinajstić information content (AvgIpc) is 2.68. The minimum Gasteiger partial charge on any atom is -0.262 e. The fourth-order valence-electron chi connectivity index (χ4n) is 2.89. The summed E-state index contributed by atoms with van der Waals surface area (Å²) < 4.78 is 57.1. The van der Waals surface area contributed by atoms with E-state index in [0.717, 1.165) is 12.5 Å². The fraction of sp³-hybridized carbons (Fsp3) is 0.333. The Labute approximate surface area is 184 Å². The maximum Gasteiger partial charge on any atom is 0.269 e. The summed E-state index contributed by atoms with van der Waals surface area (Å²) in [4.78, 5) is 20.5. The zero-order valence-corrected chi connectivity index (χ0v) is 18.6. The molecule has 0 fully saturated rings. The van der Waals surface area contributed by atoms with Gasteiger partial charge in [0.15, 0.2) is 0 Å². The second-order valence-corrected chi connectivity index (χ2v) is 10.1. The van der Waals surface area contributed by atoms with Gasteiger partial charge < -0.3 is 0 Å². The summed E-state index contributed by atoms with van der Waals surface area (Å²) in [6.07, 6.45) is -0.549. The van der Waals surface area contributed by atoms with Crippen LogP contribution in [-0.2, 0) is 28.6 Å². The molecule has 2 aromatic rings. The number of rotatable bonds is 11. The first-order valence-electron chi connectivity index (χ1n) is 9.00. The standard InChI is InChI=1S/C18H20N2O10S2/c1-31(25,26)29-17(13-3-7-15(8-4-13)19(21)22)11-12-18(30-32(2,27)28)14-5-9-16(10-6-14)20(23)24/h3-10,17-18H,11-12H2,1-2H3. The molecule has 32 heavy (non-hydrogen) atoms. The lowest BCUT2D eigenvalue weighted by Gasteiger charge is -2.21. The Morgan fingerprint density at radius 2 is 0.969 bits per heavy atom. The smallest absolute Gasteiger partial charge is 0.262 e. The third-order valence-corrected chi connectivity index (χ3v) is 5.39. The van der Waals surface area contributed by atoms with Gasteiger partial charge in [-0.05, 0) is 48.2 Å². The predicted molar refractivity (Wildman–Crippen MR) is 113 cm³/mol. The molecular weight excluding hydrogens is 468 g/mol. The van der Waals surface area contributed by atoms with Gasteiger partial charge in [0, 0.05) is 24.3 Å². The van der Waals surface area contributed by atoms with Crippen LogP contribution in [0.4, 0.5) is 11.4 Å². The van der Waals surface area contributed by atoms with Crippen LogP contribution in [0.3, 0.4) is 0 Å². The number of nitro groups is 2. The molecule has 12 nitrogen and oxygen atoms in total. The number of hydrogen-bond donors (Lipinski definition) is 0. The highest BCUT2D eigenvalue weighted by Gasteiger charge is 2.24. The fourth-order valence-corrected chi connectivity index (χ4v) is 4.15. The van der Waals surface area contributed by atoms with E-state index in [2.05, 4.69) is 0 Å². The zero-order valence-electron chi connectivity index (χ0n) is 17.0. The molecule has 0 aliphatic heterocycles. The average molecular weight is 488 g/mol. The third kappa shape index (κ3) is 7.96. The molecule has 2 unspecified atom stereocenters. The van der Waals surface area contributed by atoms with Crippen molar-refractivity contribution in [2.24, 2.45) is 0 Å². The highest BCUT2D eigenvalue weighted by molar-refractivity contribution is 7.86. The van der Waals surface area contributed by atoms with Gasteiger partial charge in [-0.1, -0.05) is 0 Å². The van der Waals surface area contributed by atoms with E-state index in [4.69, 9.17) is 8.37 Å². The van der Waals surface area contributed by atoms with E-state index in [1.807, 2.05) is 0 Å². The Balaban J connectivity index is 2.31. The molecule has 2 aromatic carbocycles. The van der Waals surface area contributed by atoms with Crippen LogP contribution in [0.25, 0.3) is 0 Å². The normalized spacial score (nSPS) is 13.9. The van der Waals surface area contributed by atoms with Crippen molar-refractivity contribution in [3.05, 3.63) is 79.9 Å². The van der Waals surface area contributed by atoms with Gasteiger partial charge in [0.25, 0.3) is 31.6 Å². The molecule has 0 bridgehead atoms. The monoisotopic (exact) mass is 488 g/mol. The summed E-state index contributed by atoms with van der Waals surface area (Å²) in [5.41, 5.74) is 0.248. The van der Waals surface area contributed by atoms with Gasteiger partial charge in [-0.25, -0.2) is 0 Å². The Morgan fingerprint density at radius 3 is 1.19 bits per heavy atom. The highest BCUT2D eigenvalue weighted by Crippen LogP contribution is 2.33. The first-order chi connectivity index (χ1) is 14.7. The lowest BCUT2D eigenvalue weighted by molar-refractivity contribution is -0.385. The summed E-state index contributed by atoms with van der Waals surface area (Å²) in [5.74, 6) is 0. The Bertz CT molecular complexity index is 1080. The van der Waals surface area contributed by atoms with Crippen LogP contribution in [-0.4, -0.2) is 39.2 Å². The predicted octanol–water partition coefficient (Wildman–Crippen LogP) is 3.02. The summed E-state index contributed by atoms with van der Waals surface area (Å²) in [5, 5.41) is 21.7. The van der Waals surface area contributed by atoms with Crippen molar-refractivity contribution < 1.29 is 35.0 Å². The lowest BCUT2D eigenvalue weighted by Crippen LogP contribution is -2.15. The molecule has 0 aromatic heterocycles. The summed E-state index contributed by atoms with van der Waals surface area (Å²) >= 11 is 0. The largest absolute Gasteiger partial charge is 0.269 e. The maximum atomic E-state index is 11.7. The summed E-state index contributed by atoms with van der Waals surface area (Å²) in [6.45, 7) is 0. The van der Waals surface area contributed by atoms with Crippen LogP contribution in [0.5, 0.6) is 0 Å².